The first-order valence-electron chi connectivity index (χ1n) is 8.66. The molecule has 6 heteroatoms. The number of hydroxylamine groups is 1. The number of amidine groups is 1. The van der Waals surface area contributed by atoms with Gasteiger partial charge in [-0.1, -0.05) is 23.7 Å². The van der Waals surface area contributed by atoms with Gasteiger partial charge in [-0.25, -0.2) is 15.3 Å². The first-order chi connectivity index (χ1) is 11.7. The first-order valence-corrected chi connectivity index (χ1v) is 9.85. The van der Waals surface area contributed by atoms with E-state index >= 15 is 0 Å². The van der Waals surface area contributed by atoms with Gasteiger partial charge in [-0.05, 0) is 36.3 Å². The van der Waals surface area contributed by atoms with Crippen LogP contribution in [-0.2, 0) is 4.84 Å². The van der Waals surface area contributed by atoms with Crippen LogP contribution in [0.15, 0.2) is 29.3 Å². The van der Waals surface area contributed by atoms with E-state index in [1.165, 1.54) is 24.8 Å². The Morgan fingerprint density at radius 2 is 2.08 bits per heavy atom. The average Bonchev–Trinajstić information content (AvgIpc) is 3.18. The molecule has 1 aromatic carbocycles. The molecular formula is C18H18ClN3OS. The lowest BCUT2D eigenvalue weighted by atomic mass is 9.63. The van der Waals surface area contributed by atoms with Crippen molar-refractivity contribution in [3.8, 4) is 0 Å². The van der Waals surface area contributed by atoms with Gasteiger partial charge in [-0.2, -0.15) is 0 Å². The van der Waals surface area contributed by atoms with E-state index in [0.29, 0.717) is 11.8 Å². The van der Waals surface area contributed by atoms with Crippen molar-refractivity contribution in [2.45, 2.75) is 18.6 Å². The molecule has 1 N–H and O–H groups in total. The van der Waals surface area contributed by atoms with E-state index in [-0.39, 0.29) is 5.72 Å². The normalized spacial score (nSPS) is 39.6. The predicted molar refractivity (Wildman–Crippen MR) is 96.5 cm³/mol. The van der Waals surface area contributed by atoms with Gasteiger partial charge in [0.05, 0.1) is 14.6 Å². The van der Waals surface area contributed by atoms with Crippen LogP contribution in [0.4, 0.5) is 0 Å². The lowest BCUT2D eigenvalue weighted by Gasteiger charge is -2.58. The number of halogens is 1. The van der Waals surface area contributed by atoms with Gasteiger partial charge in [0.2, 0.25) is 0 Å². The largest absolute Gasteiger partial charge is 0.302 e. The molecule has 2 unspecified atom stereocenters. The zero-order chi connectivity index (χ0) is 15.9. The zero-order valence-corrected chi connectivity index (χ0v) is 14.7. The van der Waals surface area contributed by atoms with Crippen LogP contribution in [-0.4, -0.2) is 36.1 Å². The lowest BCUT2D eigenvalue weighted by Crippen LogP contribution is -2.66. The number of nitrogens with one attached hydrogen (secondary N) is 1. The summed E-state index contributed by atoms with van der Waals surface area (Å²) in [5.74, 6) is 2.77. The number of rotatable bonds is 1. The molecule has 3 saturated heterocycles. The fourth-order valence-electron chi connectivity index (χ4n) is 5.29. The fourth-order valence-corrected chi connectivity index (χ4v) is 6.59. The number of nitrogens with zero attached hydrogens (tertiary/aromatic N) is 2. The van der Waals surface area contributed by atoms with E-state index < -0.39 is 0 Å². The fraction of sp³-hybridized carbons (Fsp3) is 0.500. The van der Waals surface area contributed by atoms with Crippen molar-refractivity contribution >= 4 is 38.9 Å². The second-order valence-corrected chi connectivity index (χ2v) is 9.09. The molecule has 4 fully saturated rings. The highest BCUT2D eigenvalue weighted by Crippen LogP contribution is 2.53. The van der Waals surface area contributed by atoms with Gasteiger partial charge < -0.3 is 4.90 Å². The molecule has 7 rings (SSSR count). The quantitative estimate of drug-likeness (QED) is 0.846. The number of benzene rings is 1. The predicted octanol–water partition coefficient (Wildman–Crippen LogP) is 3.50. The monoisotopic (exact) mass is 359 g/mol. The van der Waals surface area contributed by atoms with Gasteiger partial charge in [0.15, 0.2) is 11.6 Å². The minimum atomic E-state index is -0.345. The topological polar surface area (TPSA) is 36.9 Å². The molecule has 4 aliphatic heterocycles. The smallest absolute Gasteiger partial charge is 0.195 e. The molecule has 2 aromatic rings. The van der Waals surface area contributed by atoms with Gasteiger partial charge in [0.25, 0.3) is 0 Å². The molecule has 0 amide bonds. The van der Waals surface area contributed by atoms with E-state index in [1.807, 2.05) is 12.1 Å². The van der Waals surface area contributed by atoms with E-state index in [4.69, 9.17) is 21.4 Å². The molecule has 4 nitrogen and oxygen atoms in total. The minimum Gasteiger partial charge on any atom is -0.302 e. The molecular weight excluding hydrogens is 342 g/mol. The summed E-state index contributed by atoms with van der Waals surface area (Å²) in [6.07, 6.45) is 2.51. The van der Waals surface area contributed by atoms with Gasteiger partial charge in [-0.15, -0.1) is 11.3 Å². The van der Waals surface area contributed by atoms with Crippen molar-refractivity contribution in [2.75, 3.05) is 19.6 Å². The molecule has 1 aliphatic carbocycles. The Balaban J connectivity index is 1.42. The van der Waals surface area contributed by atoms with E-state index in [9.17, 15) is 0 Å². The molecule has 124 valence electrons. The van der Waals surface area contributed by atoms with Crippen molar-refractivity contribution in [2.24, 2.45) is 22.7 Å². The highest BCUT2D eigenvalue weighted by molar-refractivity contribution is 7.21. The van der Waals surface area contributed by atoms with Crippen molar-refractivity contribution in [3.05, 3.63) is 34.2 Å². The third-order valence-corrected chi connectivity index (χ3v) is 7.82. The number of hydrogen-bond acceptors (Lipinski definition) is 5. The Morgan fingerprint density at radius 3 is 2.83 bits per heavy atom. The summed E-state index contributed by atoms with van der Waals surface area (Å²) in [5.41, 5.74) is 2.83. The number of aliphatic imine (C=N–C) groups is 1. The molecule has 5 aliphatic rings. The highest BCUT2D eigenvalue weighted by atomic mass is 35.5. The summed E-state index contributed by atoms with van der Waals surface area (Å²) in [6.45, 7) is 3.54. The van der Waals surface area contributed by atoms with Gasteiger partial charge >= 0.3 is 0 Å². The summed E-state index contributed by atoms with van der Waals surface area (Å²) in [7, 11) is 0. The zero-order valence-electron chi connectivity index (χ0n) is 13.2. The first kappa shape index (κ1) is 14.1. The number of piperidine rings is 3. The second kappa shape index (κ2) is 4.73. The molecule has 1 aromatic heterocycles. The van der Waals surface area contributed by atoms with Crippen molar-refractivity contribution in [3.63, 3.8) is 0 Å². The lowest BCUT2D eigenvalue weighted by molar-refractivity contribution is -0.212. The van der Waals surface area contributed by atoms with Crippen LogP contribution in [0.2, 0.25) is 5.02 Å². The Morgan fingerprint density at radius 1 is 1.25 bits per heavy atom. The average molecular weight is 360 g/mol. The van der Waals surface area contributed by atoms with E-state index in [0.717, 1.165) is 39.4 Å². The standard InChI is InChI=1S/C18H18ClN3OS/c19-14-3-1-2-11-6-15(24-16(11)14)17-20-18(23-21-17)12-4-10-5-13(18)9-22(7-10)8-12/h1-3,6,10,12-13H,4-5,7-9H2,(H,20,21). The van der Waals surface area contributed by atoms with E-state index in [2.05, 4.69) is 22.5 Å². The summed E-state index contributed by atoms with van der Waals surface area (Å²) >= 11 is 8.02. The summed E-state index contributed by atoms with van der Waals surface area (Å²) in [4.78, 5) is 15.1. The molecule has 0 radical (unpaired) electrons. The van der Waals surface area contributed by atoms with Crippen molar-refractivity contribution < 1.29 is 4.84 Å². The maximum Gasteiger partial charge on any atom is 0.195 e. The van der Waals surface area contributed by atoms with E-state index in [1.54, 1.807) is 11.3 Å². The van der Waals surface area contributed by atoms with Crippen LogP contribution in [0.5, 0.6) is 0 Å². The molecule has 1 spiro atoms. The Hall–Kier alpha value is -1.14. The molecule has 4 bridgehead atoms. The molecule has 24 heavy (non-hydrogen) atoms. The summed E-state index contributed by atoms with van der Waals surface area (Å²) in [6, 6.07) is 8.21. The number of fused-ring (bicyclic) bond motifs is 1. The Kier molecular flexibility index (Phi) is 2.77. The highest BCUT2D eigenvalue weighted by Gasteiger charge is 2.60. The van der Waals surface area contributed by atoms with Crippen LogP contribution in [0.25, 0.3) is 10.1 Å². The van der Waals surface area contributed by atoms with Crippen molar-refractivity contribution in [1.82, 2.24) is 10.4 Å². The van der Waals surface area contributed by atoms with Crippen LogP contribution < -0.4 is 5.48 Å². The van der Waals surface area contributed by atoms with Crippen LogP contribution in [0.3, 0.4) is 0 Å². The number of hydrogen-bond donors (Lipinski definition) is 1. The second-order valence-electron chi connectivity index (χ2n) is 7.64. The molecule has 1 saturated carbocycles. The third kappa shape index (κ3) is 1.79. The van der Waals surface area contributed by atoms with Crippen LogP contribution in [0, 0.1) is 17.8 Å². The SMILES string of the molecule is Clc1cccc2cc(C3=NC4(ON3)C3CC5CC4CN(C5)C3)sc12. The third-order valence-electron chi connectivity index (χ3n) is 6.21. The Labute approximate surface area is 149 Å². The van der Waals surface area contributed by atoms with Crippen LogP contribution >= 0.6 is 22.9 Å². The van der Waals surface area contributed by atoms with Gasteiger partial charge in [0.1, 0.15) is 0 Å². The summed E-state index contributed by atoms with van der Waals surface area (Å²) in [5, 5.41) is 1.98. The number of thiophene rings is 1. The van der Waals surface area contributed by atoms with Crippen LogP contribution in [0.1, 0.15) is 17.7 Å². The van der Waals surface area contributed by atoms with Gasteiger partial charge in [0, 0.05) is 31.5 Å². The molecule has 5 heterocycles. The Bertz CT molecular complexity index is 848. The van der Waals surface area contributed by atoms with Gasteiger partial charge in [-0.3, -0.25) is 0 Å². The minimum absolute atomic E-state index is 0.345. The maximum absolute atomic E-state index is 6.33. The maximum atomic E-state index is 6.33. The summed E-state index contributed by atoms with van der Waals surface area (Å²) < 4.78 is 1.12. The molecule has 2 atom stereocenters. The van der Waals surface area contributed by atoms with Crippen molar-refractivity contribution in [1.29, 1.82) is 0 Å².